The molecule has 1 saturated heterocycles. The zero-order valence-corrected chi connectivity index (χ0v) is 29.9. The summed E-state index contributed by atoms with van der Waals surface area (Å²) in [6.45, 7) is 6.65. The van der Waals surface area contributed by atoms with E-state index in [9.17, 15) is 27.5 Å². The van der Waals surface area contributed by atoms with Crippen molar-refractivity contribution in [1.82, 2.24) is 14.8 Å². The molecule has 1 aromatic heterocycles. The Kier molecular flexibility index (Phi) is 15.5. The average Bonchev–Trinajstić information content (AvgIpc) is 3.60. The van der Waals surface area contributed by atoms with Crippen LogP contribution >= 0.6 is 48.6 Å². The van der Waals surface area contributed by atoms with Crippen LogP contribution in [0.5, 0.6) is 0 Å². The number of halogens is 7. The first-order valence-corrected chi connectivity index (χ1v) is 16.2. The van der Waals surface area contributed by atoms with Gasteiger partial charge in [-0.05, 0) is 105 Å². The molecule has 0 radical (unpaired) electrons. The molecule has 0 bridgehead atoms. The molecule has 1 aliphatic heterocycles. The van der Waals surface area contributed by atoms with Crippen molar-refractivity contribution in [3.05, 3.63) is 87.1 Å². The maximum absolute atomic E-state index is 14.2. The molecule has 2 fully saturated rings. The molecule has 2 aliphatic rings. The molecular weight excluding hydrogens is 697 g/mol. The number of hydrogen-bond acceptors (Lipinski definition) is 5. The highest BCUT2D eigenvalue weighted by atomic mass is 35.5. The maximum atomic E-state index is 14.2. The number of carboxylic acids is 1. The van der Waals surface area contributed by atoms with E-state index in [4.69, 9.17) is 0 Å². The number of benzene rings is 2. The molecule has 2 heterocycles. The molecule has 2 aromatic carbocycles. The van der Waals surface area contributed by atoms with Crippen LogP contribution in [-0.4, -0.2) is 64.6 Å². The summed E-state index contributed by atoms with van der Waals surface area (Å²) in [6.07, 6.45) is 1.77. The summed E-state index contributed by atoms with van der Waals surface area (Å²) >= 11 is 1.65. The van der Waals surface area contributed by atoms with E-state index in [1.165, 1.54) is 23.1 Å². The van der Waals surface area contributed by atoms with Gasteiger partial charge in [-0.25, -0.2) is 9.37 Å². The van der Waals surface area contributed by atoms with Gasteiger partial charge in [0.2, 0.25) is 0 Å². The van der Waals surface area contributed by atoms with E-state index in [1.54, 1.807) is 23.5 Å². The van der Waals surface area contributed by atoms with Gasteiger partial charge in [0, 0.05) is 30.1 Å². The van der Waals surface area contributed by atoms with Crippen molar-refractivity contribution in [2.75, 3.05) is 26.7 Å². The highest BCUT2D eigenvalue weighted by Gasteiger charge is 2.42. The summed E-state index contributed by atoms with van der Waals surface area (Å²) < 4.78 is 52.9. The third kappa shape index (κ3) is 10.3. The first-order chi connectivity index (χ1) is 20.9. The number of aliphatic carboxylic acids is 1. The minimum absolute atomic E-state index is 0. The number of likely N-dealkylation sites (tertiary alicyclic amines) is 1. The van der Waals surface area contributed by atoms with E-state index >= 15 is 0 Å². The fourth-order valence-electron chi connectivity index (χ4n) is 7.24. The summed E-state index contributed by atoms with van der Waals surface area (Å²) in [5, 5.41) is 10.8. The molecule has 5 nitrogen and oxygen atoms in total. The third-order valence-electron chi connectivity index (χ3n) is 9.54. The predicted octanol–water partition coefficient (Wildman–Crippen LogP) is 8.94. The highest BCUT2D eigenvalue weighted by Crippen LogP contribution is 2.44. The van der Waals surface area contributed by atoms with Crippen LogP contribution in [-0.2, 0) is 17.4 Å². The van der Waals surface area contributed by atoms with Crippen molar-refractivity contribution in [2.24, 2.45) is 11.8 Å². The maximum Gasteiger partial charge on any atom is 0.416 e. The zero-order valence-electron chi connectivity index (χ0n) is 26.7. The Hall–Kier alpha value is -1.95. The number of hydrogen-bond donors (Lipinski definition) is 1. The Labute approximate surface area is 297 Å². The molecule has 47 heavy (non-hydrogen) atoms. The van der Waals surface area contributed by atoms with Crippen molar-refractivity contribution in [2.45, 2.75) is 76.0 Å². The van der Waals surface area contributed by atoms with Crippen LogP contribution < -0.4 is 0 Å². The summed E-state index contributed by atoms with van der Waals surface area (Å²) in [6, 6.07) is 11.7. The van der Waals surface area contributed by atoms with Gasteiger partial charge in [-0.3, -0.25) is 9.69 Å². The van der Waals surface area contributed by atoms with Crippen LogP contribution in [0.15, 0.2) is 54.7 Å². The molecule has 1 saturated carbocycles. The zero-order chi connectivity index (χ0) is 31.6. The van der Waals surface area contributed by atoms with E-state index in [0.29, 0.717) is 18.3 Å². The van der Waals surface area contributed by atoms with E-state index in [0.717, 1.165) is 73.6 Å². The SMILES string of the molecule is CC(C)[C@H](C(=O)O)N(C)C1CC(CN2CCC(c3cnc(Cc4ccc(C(F)(F)F)cc4)s3)CC2)C(c2cccc(F)c2)C1.Cl.Cl.Cl. The largest absolute Gasteiger partial charge is 0.480 e. The van der Waals surface area contributed by atoms with Gasteiger partial charge in [-0.1, -0.05) is 38.1 Å². The molecule has 3 aromatic rings. The van der Waals surface area contributed by atoms with Crippen LogP contribution in [0.4, 0.5) is 17.6 Å². The number of rotatable bonds is 10. The monoisotopic (exact) mass is 739 g/mol. The Morgan fingerprint density at radius 2 is 1.72 bits per heavy atom. The van der Waals surface area contributed by atoms with Crippen molar-refractivity contribution in [3.8, 4) is 0 Å². The second-order valence-corrected chi connectivity index (χ2v) is 14.0. The fourth-order valence-corrected chi connectivity index (χ4v) is 8.37. The van der Waals surface area contributed by atoms with Gasteiger partial charge < -0.3 is 10.0 Å². The van der Waals surface area contributed by atoms with Gasteiger partial charge in [0.15, 0.2) is 0 Å². The second kappa shape index (κ2) is 17.6. The molecule has 262 valence electrons. The predicted molar refractivity (Wildman–Crippen MR) is 186 cm³/mol. The molecule has 1 N–H and O–H groups in total. The van der Waals surface area contributed by atoms with Gasteiger partial charge in [0.05, 0.1) is 10.6 Å². The number of carboxylic acid groups (broad SMARTS) is 1. The highest BCUT2D eigenvalue weighted by molar-refractivity contribution is 7.11. The normalized spacial score (nSPS) is 21.2. The number of likely N-dealkylation sites (N-methyl/N-ethyl adjacent to an activating group) is 1. The fraction of sp³-hybridized carbons (Fsp3) is 0.529. The molecule has 13 heteroatoms. The molecular formula is C34H44Cl3F4N3O2S. The smallest absolute Gasteiger partial charge is 0.416 e. The minimum Gasteiger partial charge on any atom is -0.480 e. The van der Waals surface area contributed by atoms with E-state index in [-0.39, 0.29) is 60.9 Å². The van der Waals surface area contributed by atoms with Crippen molar-refractivity contribution >= 4 is 54.5 Å². The van der Waals surface area contributed by atoms with Gasteiger partial charge in [-0.2, -0.15) is 13.2 Å². The van der Waals surface area contributed by atoms with Crippen LogP contribution in [0.25, 0.3) is 0 Å². The number of aromatic nitrogens is 1. The first-order valence-electron chi connectivity index (χ1n) is 15.4. The van der Waals surface area contributed by atoms with E-state index < -0.39 is 23.8 Å². The molecule has 1 aliphatic carbocycles. The van der Waals surface area contributed by atoms with Crippen molar-refractivity contribution in [1.29, 1.82) is 0 Å². The van der Waals surface area contributed by atoms with Crippen molar-refractivity contribution in [3.63, 3.8) is 0 Å². The average molecular weight is 741 g/mol. The molecule has 3 unspecified atom stereocenters. The van der Waals surface area contributed by atoms with Gasteiger partial charge in [-0.15, -0.1) is 48.6 Å². The second-order valence-electron chi connectivity index (χ2n) is 12.8. The summed E-state index contributed by atoms with van der Waals surface area (Å²) in [4.78, 5) is 22.4. The third-order valence-corrected chi connectivity index (χ3v) is 10.7. The Balaban J connectivity index is 0.00000256. The van der Waals surface area contributed by atoms with Crippen LogP contribution in [0.3, 0.4) is 0 Å². The lowest BCUT2D eigenvalue weighted by atomic mass is 9.87. The lowest BCUT2D eigenvalue weighted by Gasteiger charge is -2.35. The van der Waals surface area contributed by atoms with Crippen LogP contribution in [0, 0.1) is 17.7 Å². The number of nitrogens with zero attached hydrogens (tertiary/aromatic N) is 3. The summed E-state index contributed by atoms with van der Waals surface area (Å²) in [5.74, 6) is -0.222. The van der Waals surface area contributed by atoms with Crippen LogP contribution in [0.2, 0.25) is 0 Å². The summed E-state index contributed by atoms with van der Waals surface area (Å²) in [7, 11) is 1.92. The Morgan fingerprint density at radius 1 is 1.06 bits per heavy atom. The Bertz CT molecular complexity index is 1420. The minimum atomic E-state index is -4.34. The first kappa shape index (κ1) is 41.2. The lowest BCUT2D eigenvalue weighted by Crippen LogP contribution is -2.47. The number of carbonyl (C=O) groups is 1. The quantitative estimate of drug-likeness (QED) is 0.211. The van der Waals surface area contributed by atoms with E-state index in [1.807, 2.05) is 38.1 Å². The van der Waals surface area contributed by atoms with Gasteiger partial charge in [0.25, 0.3) is 0 Å². The van der Waals surface area contributed by atoms with Crippen molar-refractivity contribution < 1.29 is 27.5 Å². The van der Waals surface area contributed by atoms with Gasteiger partial charge in [0.1, 0.15) is 11.9 Å². The number of thiazole rings is 1. The van der Waals surface area contributed by atoms with Gasteiger partial charge >= 0.3 is 12.1 Å². The number of alkyl halides is 3. The molecule has 0 amide bonds. The van der Waals surface area contributed by atoms with Crippen LogP contribution in [0.1, 0.15) is 77.9 Å². The topological polar surface area (TPSA) is 56.7 Å². The molecule has 0 spiro atoms. The molecule has 4 atom stereocenters. The standard InChI is InChI=1S/C34H41F4N3O2S.3ClH/c1-21(2)32(33(42)43)40(3)28-17-25(29(18-28)24-5-4-6-27(35)16-24)20-41-13-11-23(12-14-41)30-19-39-31(44-30)15-22-7-9-26(10-8-22)34(36,37)38;;;/h4-10,16,19,21,23,25,28-29,32H,11-15,17-18,20H2,1-3H3,(H,42,43);3*1H/t25?,28?,29?,32-;;;/m1.../s1. The number of piperidine rings is 1. The summed E-state index contributed by atoms with van der Waals surface area (Å²) in [5.41, 5.74) is 1.16. The molecule has 5 rings (SSSR count). The Morgan fingerprint density at radius 3 is 2.30 bits per heavy atom. The van der Waals surface area contributed by atoms with E-state index in [2.05, 4.69) is 9.88 Å². The lowest BCUT2D eigenvalue weighted by molar-refractivity contribution is -0.145.